The monoisotopic (exact) mass is 147 g/mol. The molecular weight excluding hydrogens is 134 g/mol. The van der Waals surface area contributed by atoms with Gasteiger partial charge in [-0.25, -0.2) is 0 Å². The SMILES string of the molecule is C=C/C=C\C(C)=C1\C=CNC1. The summed E-state index contributed by atoms with van der Waals surface area (Å²) in [6.07, 6.45) is 9.88. The van der Waals surface area contributed by atoms with Crippen LogP contribution in [0.4, 0.5) is 0 Å². The van der Waals surface area contributed by atoms with Gasteiger partial charge < -0.3 is 5.32 Å². The summed E-state index contributed by atoms with van der Waals surface area (Å²) in [5.41, 5.74) is 2.65. The van der Waals surface area contributed by atoms with Crippen molar-refractivity contribution in [2.24, 2.45) is 0 Å². The molecule has 11 heavy (non-hydrogen) atoms. The van der Waals surface area contributed by atoms with Gasteiger partial charge in [-0.2, -0.15) is 0 Å². The second-order valence-electron chi connectivity index (χ2n) is 2.52. The predicted octanol–water partition coefficient (Wildman–Crippen LogP) is 2.16. The molecule has 0 aromatic carbocycles. The largest absolute Gasteiger partial charge is 0.387 e. The van der Waals surface area contributed by atoms with Crippen molar-refractivity contribution in [1.82, 2.24) is 5.32 Å². The highest BCUT2D eigenvalue weighted by atomic mass is 14.8. The highest BCUT2D eigenvalue weighted by Gasteiger charge is 1.99. The Balaban J connectivity index is 2.70. The molecule has 0 saturated heterocycles. The first-order chi connectivity index (χ1) is 5.34. The van der Waals surface area contributed by atoms with Crippen LogP contribution in [0.2, 0.25) is 0 Å². The molecule has 1 N–H and O–H groups in total. The van der Waals surface area contributed by atoms with Gasteiger partial charge in [0.2, 0.25) is 0 Å². The van der Waals surface area contributed by atoms with E-state index in [4.69, 9.17) is 0 Å². The summed E-state index contributed by atoms with van der Waals surface area (Å²) in [7, 11) is 0. The Morgan fingerprint density at radius 2 is 2.55 bits per heavy atom. The molecule has 0 amide bonds. The van der Waals surface area contributed by atoms with Crippen molar-refractivity contribution < 1.29 is 0 Å². The number of allylic oxidation sites excluding steroid dienone is 4. The Morgan fingerprint density at radius 1 is 1.73 bits per heavy atom. The number of nitrogens with one attached hydrogen (secondary N) is 1. The van der Waals surface area contributed by atoms with Crippen LogP contribution in [0, 0.1) is 0 Å². The van der Waals surface area contributed by atoms with Gasteiger partial charge in [0.1, 0.15) is 0 Å². The van der Waals surface area contributed by atoms with Crippen molar-refractivity contribution in [2.75, 3.05) is 6.54 Å². The van der Waals surface area contributed by atoms with E-state index in [-0.39, 0.29) is 0 Å². The van der Waals surface area contributed by atoms with Crippen molar-refractivity contribution in [3.63, 3.8) is 0 Å². The Labute approximate surface area is 67.8 Å². The number of hydrogen-bond acceptors (Lipinski definition) is 1. The van der Waals surface area contributed by atoms with Gasteiger partial charge >= 0.3 is 0 Å². The predicted molar refractivity (Wildman–Crippen MR) is 49.2 cm³/mol. The topological polar surface area (TPSA) is 12.0 Å². The Hall–Kier alpha value is -1.24. The average Bonchev–Trinajstić information content (AvgIpc) is 2.52. The first kappa shape index (κ1) is 7.86. The molecule has 0 aliphatic carbocycles. The highest BCUT2D eigenvalue weighted by Crippen LogP contribution is 2.09. The second kappa shape index (κ2) is 3.81. The summed E-state index contributed by atoms with van der Waals surface area (Å²) >= 11 is 0. The fourth-order valence-corrected chi connectivity index (χ4v) is 0.978. The standard InChI is InChI=1S/C10H13N/c1-3-4-5-9(2)10-6-7-11-8-10/h3-7,11H,1,8H2,2H3/b5-4-,10-9-. The third-order valence-corrected chi connectivity index (χ3v) is 1.68. The van der Waals surface area contributed by atoms with E-state index in [1.807, 2.05) is 12.3 Å². The van der Waals surface area contributed by atoms with Crippen molar-refractivity contribution in [3.8, 4) is 0 Å². The third-order valence-electron chi connectivity index (χ3n) is 1.68. The van der Waals surface area contributed by atoms with Crippen LogP contribution in [0.15, 0.2) is 48.2 Å². The maximum Gasteiger partial charge on any atom is 0.0398 e. The van der Waals surface area contributed by atoms with Gasteiger partial charge in [-0.3, -0.25) is 0 Å². The molecule has 0 bridgehead atoms. The molecule has 1 heteroatoms. The van der Waals surface area contributed by atoms with Crippen LogP contribution < -0.4 is 5.32 Å². The average molecular weight is 147 g/mol. The zero-order valence-corrected chi connectivity index (χ0v) is 6.80. The summed E-state index contributed by atoms with van der Waals surface area (Å²) in [5.74, 6) is 0. The lowest BCUT2D eigenvalue weighted by Crippen LogP contribution is -2.01. The van der Waals surface area contributed by atoms with Gasteiger partial charge in [-0.05, 0) is 30.3 Å². The van der Waals surface area contributed by atoms with Crippen LogP contribution in [0.5, 0.6) is 0 Å². The van der Waals surface area contributed by atoms with Crippen LogP contribution in [0.1, 0.15) is 6.92 Å². The molecule has 58 valence electrons. The summed E-state index contributed by atoms with van der Waals surface area (Å²) in [5, 5.41) is 3.13. The molecule has 0 unspecified atom stereocenters. The minimum atomic E-state index is 0.952. The minimum Gasteiger partial charge on any atom is -0.387 e. The summed E-state index contributed by atoms with van der Waals surface area (Å²) in [6.45, 7) is 6.67. The molecule has 1 rings (SSSR count). The zero-order valence-electron chi connectivity index (χ0n) is 6.80. The first-order valence-electron chi connectivity index (χ1n) is 3.73. The molecule has 0 aromatic heterocycles. The lowest BCUT2D eigenvalue weighted by atomic mass is 10.1. The molecule has 0 radical (unpaired) electrons. The molecule has 0 atom stereocenters. The van der Waals surface area contributed by atoms with E-state index in [1.165, 1.54) is 11.1 Å². The smallest absolute Gasteiger partial charge is 0.0398 e. The Kier molecular flexibility index (Phi) is 2.73. The maximum atomic E-state index is 3.62. The van der Waals surface area contributed by atoms with E-state index in [0.29, 0.717) is 0 Å². The van der Waals surface area contributed by atoms with Crippen LogP contribution in [0.3, 0.4) is 0 Å². The van der Waals surface area contributed by atoms with Gasteiger partial charge in [0, 0.05) is 6.54 Å². The fourth-order valence-electron chi connectivity index (χ4n) is 0.978. The van der Waals surface area contributed by atoms with E-state index in [9.17, 15) is 0 Å². The van der Waals surface area contributed by atoms with Crippen molar-refractivity contribution >= 4 is 0 Å². The molecule has 1 heterocycles. The first-order valence-corrected chi connectivity index (χ1v) is 3.73. The molecule has 1 nitrogen and oxygen atoms in total. The lowest BCUT2D eigenvalue weighted by molar-refractivity contribution is 0.999. The van der Waals surface area contributed by atoms with E-state index < -0.39 is 0 Å². The molecule has 1 aliphatic rings. The maximum absolute atomic E-state index is 3.62. The molecule has 1 aliphatic heterocycles. The van der Waals surface area contributed by atoms with Crippen molar-refractivity contribution in [3.05, 3.63) is 48.2 Å². The molecular formula is C10H13N. The van der Waals surface area contributed by atoms with Gasteiger partial charge in [0.05, 0.1) is 0 Å². The van der Waals surface area contributed by atoms with E-state index >= 15 is 0 Å². The number of hydrogen-bond donors (Lipinski definition) is 1. The molecule has 0 fully saturated rings. The summed E-state index contributed by atoms with van der Waals surface area (Å²) in [4.78, 5) is 0. The van der Waals surface area contributed by atoms with E-state index in [2.05, 4.69) is 31.0 Å². The van der Waals surface area contributed by atoms with Crippen LogP contribution >= 0.6 is 0 Å². The van der Waals surface area contributed by atoms with Crippen LogP contribution in [-0.2, 0) is 0 Å². The normalized spacial score (nSPS) is 20.5. The third kappa shape index (κ3) is 2.11. The zero-order chi connectivity index (χ0) is 8.10. The van der Waals surface area contributed by atoms with Gasteiger partial charge in [0.15, 0.2) is 0 Å². The lowest BCUT2D eigenvalue weighted by Gasteiger charge is -1.96. The molecule has 0 aromatic rings. The van der Waals surface area contributed by atoms with Gasteiger partial charge in [0.25, 0.3) is 0 Å². The Morgan fingerprint density at radius 3 is 3.09 bits per heavy atom. The van der Waals surface area contributed by atoms with Gasteiger partial charge in [-0.15, -0.1) is 0 Å². The molecule has 0 spiro atoms. The summed E-state index contributed by atoms with van der Waals surface area (Å²) in [6, 6.07) is 0. The highest BCUT2D eigenvalue weighted by molar-refractivity contribution is 5.36. The minimum absolute atomic E-state index is 0.952. The quantitative estimate of drug-likeness (QED) is 0.590. The molecule has 0 saturated carbocycles. The second-order valence-corrected chi connectivity index (χ2v) is 2.52. The summed E-state index contributed by atoms with van der Waals surface area (Å²) < 4.78 is 0. The fraction of sp³-hybridized carbons (Fsp3) is 0.200. The number of rotatable bonds is 2. The van der Waals surface area contributed by atoms with Crippen LogP contribution in [-0.4, -0.2) is 6.54 Å². The Bertz CT molecular complexity index is 231. The van der Waals surface area contributed by atoms with Crippen LogP contribution in [0.25, 0.3) is 0 Å². The van der Waals surface area contributed by atoms with E-state index in [1.54, 1.807) is 6.08 Å². The van der Waals surface area contributed by atoms with Gasteiger partial charge in [-0.1, -0.05) is 24.8 Å². The van der Waals surface area contributed by atoms with E-state index in [0.717, 1.165) is 6.54 Å². The van der Waals surface area contributed by atoms with Crippen molar-refractivity contribution in [1.29, 1.82) is 0 Å². The van der Waals surface area contributed by atoms with Crippen molar-refractivity contribution in [2.45, 2.75) is 6.92 Å².